The number of hydrogen-bond donors (Lipinski definition) is 0. The van der Waals surface area contributed by atoms with Gasteiger partial charge in [-0.3, -0.25) is 9.59 Å². The zero-order valence-electron chi connectivity index (χ0n) is 12.0. The van der Waals surface area contributed by atoms with Crippen LogP contribution in [-0.2, 0) is 33.3 Å². The van der Waals surface area contributed by atoms with E-state index in [1.807, 2.05) is 0 Å². The highest BCUT2D eigenvalue weighted by Crippen LogP contribution is 2.24. The summed E-state index contributed by atoms with van der Waals surface area (Å²) in [6, 6.07) is 0. The topological polar surface area (TPSA) is 88.1 Å². The van der Waals surface area contributed by atoms with Crippen molar-refractivity contribution in [2.24, 2.45) is 0 Å². The Bertz CT molecular complexity index is 466. The smallest absolute Gasteiger partial charge is 0.337 e. The Morgan fingerprint density at radius 1 is 1.33 bits per heavy atom. The SMILES string of the molecule is C=CCCC(=O)OC[C@]1(COC(C)=O)OC(=O)C=C(C)O1. The minimum atomic E-state index is -1.65. The monoisotopic (exact) mass is 298 g/mol. The molecule has 0 fully saturated rings. The Hall–Kier alpha value is -2.31. The van der Waals surface area contributed by atoms with E-state index in [0.29, 0.717) is 6.42 Å². The van der Waals surface area contributed by atoms with E-state index in [1.54, 1.807) is 13.0 Å². The maximum Gasteiger partial charge on any atom is 0.337 e. The van der Waals surface area contributed by atoms with Gasteiger partial charge < -0.3 is 18.9 Å². The summed E-state index contributed by atoms with van der Waals surface area (Å²) in [6.45, 7) is 5.51. The molecular weight excluding hydrogens is 280 g/mol. The van der Waals surface area contributed by atoms with Crippen molar-refractivity contribution in [1.82, 2.24) is 0 Å². The van der Waals surface area contributed by atoms with Gasteiger partial charge in [0.1, 0.15) is 5.76 Å². The van der Waals surface area contributed by atoms with E-state index in [9.17, 15) is 14.4 Å². The van der Waals surface area contributed by atoms with Crippen LogP contribution >= 0.6 is 0 Å². The minimum absolute atomic E-state index is 0.149. The molecule has 0 aliphatic carbocycles. The average molecular weight is 298 g/mol. The molecule has 0 spiro atoms. The molecule has 1 aliphatic heterocycles. The van der Waals surface area contributed by atoms with Gasteiger partial charge in [0.2, 0.25) is 0 Å². The maximum absolute atomic E-state index is 11.5. The maximum atomic E-state index is 11.5. The molecule has 0 saturated heterocycles. The lowest BCUT2D eigenvalue weighted by Gasteiger charge is -2.34. The molecule has 0 saturated carbocycles. The van der Waals surface area contributed by atoms with E-state index < -0.39 is 23.7 Å². The van der Waals surface area contributed by atoms with E-state index in [1.165, 1.54) is 6.92 Å². The van der Waals surface area contributed by atoms with E-state index >= 15 is 0 Å². The van der Waals surface area contributed by atoms with Crippen LogP contribution in [0.4, 0.5) is 0 Å². The third-order valence-electron chi connectivity index (χ3n) is 2.46. The van der Waals surface area contributed by atoms with Crippen LogP contribution in [0.3, 0.4) is 0 Å². The van der Waals surface area contributed by atoms with Crippen LogP contribution in [-0.4, -0.2) is 36.9 Å². The summed E-state index contributed by atoms with van der Waals surface area (Å²) in [5.41, 5.74) is 0. The zero-order valence-corrected chi connectivity index (χ0v) is 12.0. The Morgan fingerprint density at radius 2 is 2.00 bits per heavy atom. The first-order chi connectivity index (χ1) is 9.87. The summed E-state index contributed by atoms with van der Waals surface area (Å²) in [5.74, 6) is -3.09. The van der Waals surface area contributed by atoms with Crippen molar-refractivity contribution in [1.29, 1.82) is 0 Å². The molecule has 7 heteroatoms. The summed E-state index contributed by atoms with van der Waals surface area (Å²) in [5, 5.41) is 0. The first-order valence-corrected chi connectivity index (χ1v) is 6.37. The van der Waals surface area contributed by atoms with E-state index in [4.69, 9.17) is 18.9 Å². The third-order valence-corrected chi connectivity index (χ3v) is 2.46. The number of rotatable bonds is 7. The van der Waals surface area contributed by atoms with Crippen molar-refractivity contribution in [2.45, 2.75) is 32.5 Å². The van der Waals surface area contributed by atoms with Crippen molar-refractivity contribution in [3.05, 3.63) is 24.5 Å². The highest BCUT2D eigenvalue weighted by atomic mass is 16.8. The van der Waals surface area contributed by atoms with Crippen LogP contribution in [0, 0.1) is 0 Å². The van der Waals surface area contributed by atoms with Gasteiger partial charge in [0.05, 0.1) is 6.08 Å². The molecule has 1 rings (SSSR count). The molecule has 1 aliphatic rings. The first-order valence-electron chi connectivity index (χ1n) is 6.37. The highest BCUT2D eigenvalue weighted by Gasteiger charge is 2.42. The molecule has 7 nitrogen and oxygen atoms in total. The summed E-state index contributed by atoms with van der Waals surface area (Å²) < 4.78 is 20.3. The van der Waals surface area contributed by atoms with Crippen LogP contribution in [0.15, 0.2) is 24.5 Å². The van der Waals surface area contributed by atoms with Gasteiger partial charge >= 0.3 is 23.7 Å². The summed E-state index contributed by atoms with van der Waals surface area (Å²) in [7, 11) is 0. The number of carbonyl (C=O) groups is 3. The van der Waals surface area contributed by atoms with Crippen molar-refractivity contribution in [3.8, 4) is 0 Å². The predicted octanol–water partition coefficient (Wildman–Crippen LogP) is 1.23. The van der Waals surface area contributed by atoms with Crippen molar-refractivity contribution in [3.63, 3.8) is 0 Å². The Labute approximate surface area is 122 Å². The zero-order chi connectivity index (χ0) is 15.9. The van der Waals surface area contributed by atoms with Gasteiger partial charge in [-0.15, -0.1) is 6.58 Å². The third kappa shape index (κ3) is 5.68. The molecule has 0 amide bonds. The number of ether oxygens (including phenoxy) is 4. The second-order valence-corrected chi connectivity index (χ2v) is 4.46. The fourth-order valence-electron chi connectivity index (χ4n) is 1.58. The molecule has 0 aromatic carbocycles. The molecule has 116 valence electrons. The molecule has 0 unspecified atom stereocenters. The molecule has 1 heterocycles. The molecule has 0 aromatic rings. The van der Waals surface area contributed by atoms with Gasteiger partial charge in [0.15, 0.2) is 13.2 Å². The number of carbonyl (C=O) groups excluding carboxylic acids is 3. The lowest BCUT2D eigenvalue weighted by Crippen LogP contribution is -2.49. The van der Waals surface area contributed by atoms with E-state index in [0.717, 1.165) is 6.08 Å². The van der Waals surface area contributed by atoms with Gasteiger partial charge in [0.25, 0.3) is 0 Å². The van der Waals surface area contributed by atoms with Crippen LogP contribution in [0.5, 0.6) is 0 Å². The largest absolute Gasteiger partial charge is 0.457 e. The summed E-state index contributed by atoms with van der Waals surface area (Å²) >= 11 is 0. The number of cyclic esters (lactones) is 1. The van der Waals surface area contributed by atoms with Gasteiger partial charge in [-0.05, 0) is 13.3 Å². The van der Waals surface area contributed by atoms with Gasteiger partial charge in [0, 0.05) is 13.3 Å². The lowest BCUT2D eigenvalue weighted by molar-refractivity contribution is -0.255. The number of allylic oxidation sites excluding steroid dienone is 2. The first kappa shape index (κ1) is 16.7. The summed E-state index contributed by atoms with van der Waals surface area (Å²) in [6.07, 6.45) is 3.34. The molecule has 0 radical (unpaired) electrons. The molecule has 21 heavy (non-hydrogen) atoms. The van der Waals surface area contributed by atoms with E-state index in [-0.39, 0.29) is 25.4 Å². The minimum Gasteiger partial charge on any atom is -0.457 e. The van der Waals surface area contributed by atoms with Crippen molar-refractivity contribution < 1.29 is 33.3 Å². The number of esters is 3. The molecular formula is C14H18O7. The van der Waals surface area contributed by atoms with Crippen molar-refractivity contribution >= 4 is 17.9 Å². The molecule has 0 bridgehead atoms. The normalized spacial score (nSPS) is 20.7. The van der Waals surface area contributed by atoms with Gasteiger partial charge in [-0.25, -0.2) is 4.79 Å². The van der Waals surface area contributed by atoms with Gasteiger partial charge in [-0.2, -0.15) is 0 Å². The predicted molar refractivity (Wildman–Crippen MR) is 70.7 cm³/mol. The average Bonchev–Trinajstić information content (AvgIpc) is 2.40. The molecule has 0 N–H and O–H groups in total. The van der Waals surface area contributed by atoms with Crippen LogP contribution in [0.2, 0.25) is 0 Å². The fourth-order valence-corrected chi connectivity index (χ4v) is 1.58. The van der Waals surface area contributed by atoms with Crippen LogP contribution < -0.4 is 0 Å². The Morgan fingerprint density at radius 3 is 2.57 bits per heavy atom. The number of hydrogen-bond acceptors (Lipinski definition) is 7. The fraction of sp³-hybridized carbons (Fsp3) is 0.500. The molecule has 1 atom stereocenters. The lowest BCUT2D eigenvalue weighted by atomic mass is 10.2. The van der Waals surface area contributed by atoms with E-state index in [2.05, 4.69) is 6.58 Å². The quantitative estimate of drug-likeness (QED) is 0.397. The highest BCUT2D eigenvalue weighted by molar-refractivity contribution is 5.83. The standard InChI is InChI=1S/C14H18O7/c1-4-5-6-12(16)19-9-14(8-18-11(3)15)20-10(2)7-13(17)21-14/h4,7H,1,5-6,8-9H2,2-3H3/t14-/m0/s1. The second-order valence-electron chi connectivity index (χ2n) is 4.46. The Balaban J connectivity index is 2.71. The van der Waals surface area contributed by atoms with Crippen LogP contribution in [0.25, 0.3) is 0 Å². The van der Waals surface area contributed by atoms with Crippen LogP contribution in [0.1, 0.15) is 26.7 Å². The second kappa shape index (κ2) is 7.47. The summed E-state index contributed by atoms with van der Waals surface area (Å²) in [4.78, 5) is 33.9. The van der Waals surface area contributed by atoms with Gasteiger partial charge in [-0.1, -0.05) is 6.08 Å². The molecule has 0 aromatic heterocycles. The Kier molecular flexibility index (Phi) is 5.95. The van der Waals surface area contributed by atoms with Crippen molar-refractivity contribution in [2.75, 3.05) is 13.2 Å².